The molecule has 0 radical (unpaired) electrons. The third-order valence-electron chi connectivity index (χ3n) is 4.55. The van der Waals surface area contributed by atoms with Crippen molar-refractivity contribution in [3.05, 3.63) is 78.5 Å². The second-order valence-corrected chi connectivity index (χ2v) is 6.63. The minimum Gasteiger partial charge on any atom is -0.486 e. The van der Waals surface area contributed by atoms with E-state index >= 15 is 0 Å². The molecule has 0 unspecified atom stereocenters. The summed E-state index contributed by atoms with van der Waals surface area (Å²) in [5.74, 6) is 0.571. The zero-order chi connectivity index (χ0) is 21.6. The van der Waals surface area contributed by atoms with Crippen LogP contribution >= 0.6 is 0 Å². The Morgan fingerprint density at radius 1 is 1.19 bits per heavy atom. The Hall–Kier alpha value is -4.31. The molecule has 154 valence electrons. The van der Waals surface area contributed by atoms with Gasteiger partial charge in [0.1, 0.15) is 37.2 Å². The van der Waals surface area contributed by atoms with Crippen LogP contribution < -0.4 is 9.47 Å². The SMILES string of the molecule is C=CCOC(=O)/C(C#N)=C/c1cn(-c2ccccc2)nc1-c1ccc2c(c1)OCCO2. The maximum atomic E-state index is 12.2. The van der Waals surface area contributed by atoms with Gasteiger partial charge in [-0.1, -0.05) is 30.9 Å². The zero-order valence-corrected chi connectivity index (χ0v) is 16.7. The van der Waals surface area contributed by atoms with Gasteiger partial charge in [0.2, 0.25) is 0 Å². The second-order valence-electron chi connectivity index (χ2n) is 6.63. The van der Waals surface area contributed by atoms with Crippen LogP contribution in [0.5, 0.6) is 11.5 Å². The summed E-state index contributed by atoms with van der Waals surface area (Å²) in [6.45, 7) is 4.51. The van der Waals surface area contributed by atoms with E-state index in [2.05, 4.69) is 6.58 Å². The summed E-state index contributed by atoms with van der Waals surface area (Å²) < 4.78 is 18.0. The van der Waals surface area contributed by atoms with Gasteiger partial charge in [0.05, 0.1) is 5.69 Å². The van der Waals surface area contributed by atoms with Crippen LogP contribution in [0.2, 0.25) is 0 Å². The molecule has 0 saturated heterocycles. The normalized spacial score (nSPS) is 12.7. The van der Waals surface area contributed by atoms with Crippen LogP contribution in [0, 0.1) is 11.3 Å². The number of nitriles is 1. The molecule has 7 nitrogen and oxygen atoms in total. The van der Waals surface area contributed by atoms with Crippen LogP contribution in [-0.4, -0.2) is 35.6 Å². The number of hydrogen-bond donors (Lipinski definition) is 0. The monoisotopic (exact) mass is 413 g/mol. The first-order valence-corrected chi connectivity index (χ1v) is 9.64. The molecule has 7 heteroatoms. The molecule has 0 bridgehead atoms. The molecule has 0 N–H and O–H groups in total. The minimum absolute atomic E-state index is 0.0240. The van der Waals surface area contributed by atoms with Crippen molar-refractivity contribution in [1.29, 1.82) is 5.26 Å². The summed E-state index contributed by atoms with van der Waals surface area (Å²) in [5, 5.41) is 14.2. The highest BCUT2D eigenvalue weighted by Crippen LogP contribution is 2.35. The Morgan fingerprint density at radius 3 is 2.71 bits per heavy atom. The standard InChI is InChI=1S/C24H19N3O4/c1-2-10-31-24(28)18(15-25)13-19-16-27(20-6-4-3-5-7-20)26-23(19)17-8-9-21-22(14-17)30-12-11-29-21/h2-9,13-14,16H,1,10-12H2/b18-13+. The van der Waals surface area contributed by atoms with Crippen LogP contribution in [0.15, 0.2) is 73.0 Å². The van der Waals surface area contributed by atoms with Gasteiger partial charge in [0.25, 0.3) is 0 Å². The van der Waals surface area contributed by atoms with Crippen molar-refractivity contribution < 1.29 is 19.0 Å². The third kappa shape index (κ3) is 4.33. The predicted molar refractivity (Wildman–Crippen MR) is 115 cm³/mol. The summed E-state index contributed by atoms with van der Waals surface area (Å²) in [6.07, 6.45) is 4.69. The van der Waals surface area contributed by atoms with Gasteiger partial charge in [-0.25, -0.2) is 9.48 Å². The number of ether oxygens (including phenoxy) is 3. The number of fused-ring (bicyclic) bond motifs is 1. The van der Waals surface area contributed by atoms with Gasteiger partial charge in [-0.15, -0.1) is 0 Å². The van der Waals surface area contributed by atoms with Crippen LogP contribution in [0.25, 0.3) is 23.0 Å². The molecule has 0 atom stereocenters. The van der Waals surface area contributed by atoms with Crippen molar-refractivity contribution in [2.24, 2.45) is 0 Å². The number of hydrogen-bond acceptors (Lipinski definition) is 6. The molecule has 4 rings (SSSR count). The average molecular weight is 413 g/mol. The number of rotatable bonds is 6. The lowest BCUT2D eigenvalue weighted by Crippen LogP contribution is -2.15. The molecular formula is C24H19N3O4. The lowest BCUT2D eigenvalue weighted by atomic mass is 10.1. The first kappa shape index (κ1) is 20.0. The molecule has 1 aliphatic heterocycles. The summed E-state index contributed by atoms with van der Waals surface area (Å²) in [5.41, 5.74) is 2.65. The van der Waals surface area contributed by atoms with E-state index in [1.807, 2.05) is 54.6 Å². The highest BCUT2D eigenvalue weighted by Gasteiger charge is 2.18. The van der Waals surface area contributed by atoms with E-state index in [9.17, 15) is 10.1 Å². The topological polar surface area (TPSA) is 86.4 Å². The Bertz CT molecular complexity index is 1190. The molecule has 1 aliphatic rings. The number of esters is 1. The Labute approximate surface area is 179 Å². The van der Waals surface area contributed by atoms with Crippen LogP contribution in [0.4, 0.5) is 0 Å². The highest BCUT2D eigenvalue weighted by molar-refractivity contribution is 5.98. The van der Waals surface area contributed by atoms with Gasteiger partial charge >= 0.3 is 5.97 Å². The number of carbonyl (C=O) groups is 1. The largest absolute Gasteiger partial charge is 0.486 e. The molecule has 2 aromatic carbocycles. The summed E-state index contributed by atoms with van der Waals surface area (Å²) in [6, 6.07) is 17.0. The van der Waals surface area contributed by atoms with Crippen LogP contribution in [0.1, 0.15) is 5.56 Å². The van der Waals surface area contributed by atoms with Crippen LogP contribution in [0.3, 0.4) is 0 Å². The fourth-order valence-electron chi connectivity index (χ4n) is 3.13. The molecular weight excluding hydrogens is 394 g/mol. The first-order chi connectivity index (χ1) is 15.2. The average Bonchev–Trinajstić information content (AvgIpc) is 3.25. The smallest absolute Gasteiger partial charge is 0.349 e. The third-order valence-corrected chi connectivity index (χ3v) is 4.55. The van der Waals surface area contributed by atoms with Crippen LogP contribution in [-0.2, 0) is 9.53 Å². The molecule has 3 aromatic rings. The first-order valence-electron chi connectivity index (χ1n) is 9.64. The predicted octanol–water partition coefficient (Wildman–Crippen LogP) is 3.95. The van der Waals surface area contributed by atoms with Crippen molar-refractivity contribution in [1.82, 2.24) is 9.78 Å². The lowest BCUT2D eigenvalue weighted by Gasteiger charge is -2.18. The van der Waals surface area contributed by atoms with E-state index in [4.69, 9.17) is 19.3 Å². The molecule has 0 spiro atoms. The van der Waals surface area contributed by atoms with E-state index in [-0.39, 0.29) is 12.2 Å². The summed E-state index contributed by atoms with van der Waals surface area (Å²) in [4.78, 5) is 12.2. The quantitative estimate of drug-likeness (QED) is 0.263. The molecule has 1 aromatic heterocycles. The molecule has 0 saturated carbocycles. The van der Waals surface area contributed by atoms with Crippen molar-refractivity contribution in [2.75, 3.05) is 19.8 Å². The van der Waals surface area contributed by atoms with Crippen molar-refractivity contribution in [3.63, 3.8) is 0 Å². The Balaban J connectivity index is 1.81. The van der Waals surface area contributed by atoms with E-state index in [1.54, 1.807) is 10.9 Å². The second kappa shape index (κ2) is 9.01. The maximum Gasteiger partial charge on any atom is 0.349 e. The molecule has 31 heavy (non-hydrogen) atoms. The van der Waals surface area contributed by atoms with Gasteiger partial charge in [-0.3, -0.25) is 0 Å². The molecule has 0 aliphatic carbocycles. The van der Waals surface area contributed by atoms with Gasteiger partial charge in [0, 0.05) is 17.3 Å². The number of aromatic nitrogens is 2. The Morgan fingerprint density at radius 2 is 1.97 bits per heavy atom. The van der Waals surface area contributed by atoms with Gasteiger partial charge < -0.3 is 14.2 Å². The van der Waals surface area contributed by atoms with E-state index in [1.165, 1.54) is 12.2 Å². The van der Waals surface area contributed by atoms with Crippen molar-refractivity contribution >= 4 is 12.0 Å². The number of para-hydroxylation sites is 1. The molecule has 0 amide bonds. The van der Waals surface area contributed by atoms with E-state index < -0.39 is 5.97 Å². The van der Waals surface area contributed by atoms with E-state index in [0.717, 1.165) is 11.3 Å². The fourth-order valence-corrected chi connectivity index (χ4v) is 3.13. The van der Waals surface area contributed by atoms with Gasteiger partial charge in [0.15, 0.2) is 11.5 Å². The van der Waals surface area contributed by atoms with E-state index in [0.29, 0.717) is 36.0 Å². The minimum atomic E-state index is -0.719. The number of nitrogens with zero attached hydrogens (tertiary/aromatic N) is 3. The van der Waals surface area contributed by atoms with Crippen molar-refractivity contribution in [2.45, 2.75) is 0 Å². The molecule has 0 fully saturated rings. The summed E-state index contributed by atoms with van der Waals surface area (Å²) in [7, 11) is 0. The van der Waals surface area contributed by atoms with Crippen molar-refractivity contribution in [3.8, 4) is 34.5 Å². The maximum absolute atomic E-state index is 12.2. The highest BCUT2D eigenvalue weighted by atomic mass is 16.6. The summed E-state index contributed by atoms with van der Waals surface area (Å²) >= 11 is 0. The van der Waals surface area contributed by atoms with Gasteiger partial charge in [-0.2, -0.15) is 10.4 Å². The Kier molecular flexibility index (Phi) is 5.81. The molecule has 2 heterocycles. The zero-order valence-electron chi connectivity index (χ0n) is 16.7. The number of benzene rings is 2. The lowest BCUT2D eigenvalue weighted by molar-refractivity contribution is -0.137. The fraction of sp³-hybridized carbons (Fsp3) is 0.125. The number of carbonyl (C=O) groups excluding carboxylic acids is 1. The van der Waals surface area contributed by atoms with Gasteiger partial charge in [-0.05, 0) is 36.4 Å².